The molecule has 0 saturated heterocycles. The lowest BCUT2D eigenvalue weighted by Crippen LogP contribution is -1.94. The van der Waals surface area contributed by atoms with Crippen LogP contribution in [0.15, 0.2) is 18.2 Å². The van der Waals surface area contributed by atoms with E-state index in [1.165, 1.54) is 17.4 Å². The first-order chi connectivity index (χ1) is 7.69. The van der Waals surface area contributed by atoms with Gasteiger partial charge in [-0.05, 0) is 24.6 Å². The van der Waals surface area contributed by atoms with E-state index in [-0.39, 0.29) is 5.75 Å². The second kappa shape index (κ2) is 4.54. The number of aromatic nitrogens is 2. The Morgan fingerprint density at radius 3 is 2.94 bits per heavy atom. The van der Waals surface area contributed by atoms with Gasteiger partial charge in [-0.25, -0.2) is 4.39 Å². The molecule has 0 aliphatic carbocycles. The third kappa shape index (κ3) is 2.34. The zero-order valence-electron chi connectivity index (χ0n) is 8.61. The molecule has 0 aliphatic rings. The molecule has 0 fully saturated rings. The van der Waals surface area contributed by atoms with Gasteiger partial charge in [-0.3, -0.25) is 0 Å². The van der Waals surface area contributed by atoms with E-state index in [9.17, 15) is 4.39 Å². The molecule has 1 aromatic carbocycles. The van der Waals surface area contributed by atoms with Gasteiger partial charge in [-0.15, -0.1) is 5.10 Å². The Hall–Kier alpha value is -1.53. The Balaban J connectivity index is 2.22. The van der Waals surface area contributed by atoms with Crippen molar-refractivity contribution in [1.82, 2.24) is 10.2 Å². The minimum absolute atomic E-state index is 0.153. The molecule has 16 heavy (non-hydrogen) atoms. The van der Waals surface area contributed by atoms with Crippen LogP contribution in [0.5, 0.6) is 10.9 Å². The molecule has 2 N–H and O–H groups in total. The van der Waals surface area contributed by atoms with Crippen LogP contribution in [0, 0.1) is 12.7 Å². The van der Waals surface area contributed by atoms with E-state index >= 15 is 0 Å². The van der Waals surface area contributed by atoms with Crippen LogP contribution in [0.3, 0.4) is 0 Å². The van der Waals surface area contributed by atoms with Crippen LogP contribution in [0.4, 0.5) is 4.39 Å². The van der Waals surface area contributed by atoms with Crippen LogP contribution in [0.2, 0.25) is 0 Å². The van der Waals surface area contributed by atoms with E-state index < -0.39 is 5.82 Å². The summed E-state index contributed by atoms with van der Waals surface area (Å²) in [5, 5.41) is 8.48. The Morgan fingerprint density at radius 2 is 2.25 bits per heavy atom. The molecule has 4 nitrogen and oxygen atoms in total. The fourth-order valence-corrected chi connectivity index (χ4v) is 1.72. The highest BCUT2D eigenvalue weighted by Gasteiger charge is 2.09. The highest BCUT2D eigenvalue weighted by Crippen LogP contribution is 2.27. The SMILES string of the molecule is Cc1ccc(F)c(Oc2nnc(CN)s2)c1. The van der Waals surface area contributed by atoms with Crippen molar-refractivity contribution in [2.45, 2.75) is 13.5 Å². The van der Waals surface area contributed by atoms with E-state index in [1.54, 1.807) is 12.1 Å². The third-order valence-corrected chi connectivity index (χ3v) is 2.73. The number of benzene rings is 1. The van der Waals surface area contributed by atoms with Crippen LogP contribution in [0.25, 0.3) is 0 Å². The summed E-state index contributed by atoms with van der Waals surface area (Å²) in [6.45, 7) is 2.16. The van der Waals surface area contributed by atoms with Crippen molar-refractivity contribution in [1.29, 1.82) is 0 Å². The van der Waals surface area contributed by atoms with Gasteiger partial charge in [0, 0.05) is 6.54 Å². The highest BCUT2D eigenvalue weighted by molar-refractivity contribution is 7.13. The van der Waals surface area contributed by atoms with Crippen LogP contribution >= 0.6 is 11.3 Å². The van der Waals surface area contributed by atoms with Crippen molar-refractivity contribution in [3.63, 3.8) is 0 Å². The summed E-state index contributed by atoms with van der Waals surface area (Å²) in [5.41, 5.74) is 6.31. The molecule has 0 bridgehead atoms. The molecule has 0 amide bonds. The summed E-state index contributed by atoms with van der Waals surface area (Å²) in [7, 11) is 0. The molecular weight excluding hydrogens is 229 g/mol. The molecule has 1 aromatic heterocycles. The maximum absolute atomic E-state index is 13.4. The van der Waals surface area contributed by atoms with Gasteiger partial charge in [-0.1, -0.05) is 22.5 Å². The predicted molar refractivity (Wildman–Crippen MR) is 59.0 cm³/mol. The largest absolute Gasteiger partial charge is 0.427 e. The summed E-state index contributed by atoms with van der Waals surface area (Å²) < 4.78 is 18.6. The first kappa shape index (κ1) is 11.0. The lowest BCUT2D eigenvalue weighted by Gasteiger charge is -2.03. The minimum Gasteiger partial charge on any atom is -0.427 e. The molecule has 0 spiro atoms. The van der Waals surface area contributed by atoms with E-state index in [0.29, 0.717) is 16.7 Å². The van der Waals surface area contributed by atoms with Gasteiger partial charge in [0.2, 0.25) is 0 Å². The summed E-state index contributed by atoms with van der Waals surface area (Å²) in [5.74, 6) is -0.269. The fourth-order valence-electron chi connectivity index (χ4n) is 1.14. The molecule has 0 atom stereocenters. The van der Waals surface area contributed by atoms with Crippen molar-refractivity contribution in [2.75, 3.05) is 0 Å². The normalized spacial score (nSPS) is 10.4. The van der Waals surface area contributed by atoms with Crippen LogP contribution in [0.1, 0.15) is 10.6 Å². The van der Waals surface area contributed by atoms with E-state index in [0.717, 1.165) is 5.56 Å². The van der Waals surface area contributed by atoms with Crippen LogP contribution < -0.4 is 10.5 Å². The van der Waals surface area contributed by atoms with Crippen molar-refractivity contribution in [3.05, 3.63) is 34.6 Å². The Morgan fingerprint density at radius 1 is 1.44 bits per heavy atom. The number of hydrogen-bond acceptors (Lipinski definition) is 5. The van der Waals surface area contributed by atoms with E-state index in [4.69, 9.17) is 10.5 Å². The number of aryl methyl sites for hydroxylation is 1. The van der Waals surface area contributed by atoms with Gasteiger partial charge < -0.3 is 10.5 Å². The van der Waals surface area contributed by atoms with Gasteiger partial charge >= 0.3 is 0 Å². The second-order valence-electron chi connectivity index (χ2n) is 3.20. The molecule has 0 unspecified atom stereocenters. The first-order valence-corrected chi connectivity index (χ1v) is 5.47. The lowest BCUT2D eigenvalue weighted by atomic mass is 10.2. The molecule has 2 rings (SSSR count). The summed E-state index contributed by atoms with van der Waals surface area (Å²) >= 11 is 1.21. The molecule has 0 radical (unpaired) electrons. The summed E-state index contributed by atoms with van der Waals surface area (Å²) in [4.78, 5) is 0. The number of hydrogen-bond donors (Lipinski definition) is 1. The number of nitrogens with zero attached hydrogens (tertiary/aromatic N) is 2. The van der Waals surface area contributed by atoms with Crippen molar-refractivity contribution >= 4 is 11.3 Å². The monoisotopic (exact) mass is 239 g/mol. The van der Waals surface area contributed by atoms with Gasteiger partial charge in [0.05, 0.1) is 0 Å². The van der Waals surface area contributed by atoms with Crippen molar-refractivity contribution < 1.29 is 9.13 Å². The third-order valence-electron chi connectivity index (χ3n) is 1.91. The van der Waals surface area contributed by atoms with Crippen molar-refractivity contribution in [3.8, 4) is 10.9 Å². The van der Waals surface area contributed by atoms with Gasteiger partial charge in [0.1, 0.15) is 5.01 Å². The van der Waals surface area contributed by atoms with E-state index in [1.807, 2.05) is 6.92 Å². The quantitative estimate of drug-likeness (QED) is 0.892. The van der Waals surface area contributed by atoms with Gasteiger partial charge in [0.15, 0.2) is 11.6 Å². The standard InChI is InChI=1S/C10H10FN3OS/c1-6-2-3-7(11)8(4-6)15-10-14-13-9(5-12)16-10/h2-4H,5,12H2,1H3. The number of halogens is 1. The Kier molecular flexibility index (Phi) is 3.12. The fraction of sp³-hybridized carbons (Fsp3) is 0.200. The Bertz CT molecular complexity index is 501. The second-order valence-corrected chi connectivity index (χ2v) is 4.23. The smallest absolute Gasteiger partial charge is 0.299 e. The van der Waals surface area contributed by atoms with Crippen LogP contribution in [-0.2, 0) is 6.54 Å². The molecule has 2 aromatic rings. The topological polar surface area (TPSA) is 61.0 Å². The maximum atomic E-state index is 13.4. The zero-order valence-corrected chi connectivity index (χ0v) is 9.42. The molecular formula is C10H10FN3OS. The number of nitrogens with two attached hydrogens (primary N) is 1. The average molecular weight is 239 g/mol. The summed E-state index contributed by atoms with van der Waals surface area (Å²) in [6.07, 6.45) is 0. The minimum atomic E-state index is -0.421. The summed E-state index contributed by atoms with van der Waals surface area (Å²) in [6, 6.07) is 4.64. The van der Waals surface area contributed by atoms with Crippen LogP contribution in [-0.4, -0.2) is 10.2 Å². The molecule has 6 heteroatoms. The lowest BCUT2D eigenvalue weighted by molar-refractivity contribution is 0.435. The molecule has 0 saturated carbocycles. The number of rotatable bonds is 3. The first-order valence-electron chi connectivity index (χ1n) is 4.65. The highest BCUT2D eigenvalue weighted by atomic mass is 32.1. The average Bonchev–Trinajstić information content (AvgIpc) is 2.71. The molecule has 84 valence electrons. The number of ether oxygens (including phenoxy) is 1. The van der Waals surface area contributed by atoms with Crippen molar-refractivity contribution in [2.24, 2.45) is 5.73 Å². The van der Waals surface area contributed by atoms with Gasteiger partial charge in [-0.2, -0.15) is 0 Å². The maximum Gasteiger partial charge on any atom is 0.299 e. The predicted octanol–water partition coefficient (Wildman–Crippen LogP) is 2.24. The van der Waals surface area contributed by atoms with E-state index in [2.05, 4.69) is 10.2 Å². The molecule has 1 heterocycles. The van der Waals surface area contributed by atoms with Gasteiger partial charge in [0.25, 0.3) is 5.19 Å². The Labute approximate surface area is 95.9 Å². The zero-order chi connectivity index (χ0) is 11.5. The molecule has 0 aliphatic heterocycles.